The summed E-state index contributed by atoms with van der Waals surface area (Å²) in [4.78, 5) is 23.4. The highest BCUT2D eigenvalue weighted by molar-refractivity contribution is 5.93. The van der Waals surface area contributed by atoms with E-state index in [9.17, 15) is 14.7 Å². The molecule has 2 amide bonds. The number of carbonyl (C=O) groups excluding carboxylic acids is 1. The van der Waals surface area contributed by atoms with E-state index >= 15 is 0 Å². The molecule has 1 atom stereocenters. The summed E-state index contributed by atoms with van der Waals surface area (Å²) in [5.74, 6) is -1.07. The molecule has 2 rings (SSSR count). The molecule has 2 aromatic carbocycles. The first-order chi connectivity index (χ1) is 11.0. The Kier molecular flexibility index (Phi) is 5.36. The smallest absolute Gasteiger partial charge is 0.326 e. The molecule has 0 heterocycles. The highest BCUT2D eigenvalue weighted by Gasteiger charge is 2.20. The summed E-state index contributed by atoms with van der Waals surface area (Å²) in [6, 6.07) is 13.3. The van der Waals surface area contributed by atoms with Crippen molar-refractivity contribution in [1.82, 2.24) is 5.32 Å². The van der Waals surface area contributed by atoms with Crippen molar-refractivity contribution >= 4 is 17.7 Å². The van der Waals surface area contributed by atoms with Crippen molar-refractivity contribution < 1.29 is 14.7 Å². The molecule has 0 fully saturated rings. The quantitative estimate of drug-likeness (QED) is 0.793. The van der Waals surface area contributed by atoms with E-state index in [1.54, 1.807) is 6.07 Å². The van der Waals surface area contributed by atoms with E-state index in [2.05, 4.69) is 10.6 Å². The summed E-state index contributed by atoms with van der Waals surface area (Å²) in [5.41, 5.74) is 3.54. The number of carboxylic acids is 1. The van der Waals surface area contributed by atoms with Crippen molar-refractivity contribution in [2.45, 2.75) is 26.3 Å². The number of anilines is 1. The molecule has 2 aromatic rings. The van der Waals surface area contributed by atoms with E-state index in [1.165, 1.54) is 0 Å². The Balaban J connectivity index is 2.02. The highest BCUT2D eigenvalue weighted by atomic mass is 16.4. The maximum Gasteiger partial charge on any atom is 0.326 e. The van der Waals surface area contributed by atoms with Gasteiger partial charge in [0.2, 0.25) is 0 Å². The lowest BCUT2D eigenvalue weighted by Crippen LogP contribution is -2.44. The third-order valence-electron chi connectivity index (χ3n) is 3.52. The van der Waals surface area contributed by atoms with E-state index in [1.807, 2.05) is 56.3 Å². The number of benzene rings is 2. The maximum absolute atomic E-state index is 12.1. The van der Waals surface area contributed by atoms with Crippen LogP contribution in [0, 0.1) is 13.8 Å². The predicted octanol–water partition coefficient (Wildman–Crippen LogP) is 3.12. The van der Waals surface area contributed by atoms with Crippen LogP contribution in [0.1, 0.15) is 16.7 Å². The van der Waals surface area contributed by atoms with Crippen molar-refractivity contribution in [3.8, 4) is 0 Å². The summed E-state index contributed by atoms with van der Waals surface area (Å²) in [7, 11) is 0. The SMILES string of the molecule is Cc1ccc(NC(=O)NC(Cc2ccccc2)C(=O)O)c(C)c1. The molecule has 0 aliphatic carbocycles. The molecular weight excluding hydrogens is 292 g/mol. The molecule has 0 aliphatic rings. The van der Waals surface area contributed by atoms with Gasteiger partial charge in [-0.3, -0.25) is 0 Å². The first-order valence-corrected chi connectivity index (χ1v) is 7.37. The molecule has 5 nitrogen and oxygen atoms in total. The van der Waals surface area contributed by atoms with Gasteiger partial charge >= 0.3 is 12.0 Å². The Labute approximate surface area is 135 Å². The third kappa shape index (κ3) is 4.85. The number of urea groups is 1. The molecule has 0 aromatic heterocycles. The molecule has 0 saturated carbocycles. The van der Waals surface area contributed by atoms with Gasteiger partial charge in [0.25, 0.3) is 0 Å². The lowest BCUT2D eigenvalue weighted by Gasteiger charge is -2.16. The number of carbonyl (C=O) groups is 2. The standard InChI is InChI=1S/C18H20N2O3/c1-12-8-9-15(13(2)10-12)19-18(23)20-16(17(21)22)11-14-6-4-3-5-7-14/h3-10,16H,11H2,1-2H3,(H,21,22)(H2,19,20,23). The van der Waals surface area contributed by atoms with Gasteiger partial charge in [-0.2, -0.15) is 0 Å². The zero-order valence-corrected chi connectivity index (χ0v) is 13.2. The molecular formula is C18H20N2O3. The van der Waals surface area contributed by atoms with Gasteiger partial charge in [-0.05, 0) is 31.0 Å². The number of rotatable bonds is 5. The van der Waals surface area contributed by atoms with Crippen LogP contribution in [0.4, 0.5) is 10.5 Å². The minimum absolute atomic E-state index is 0.233. The molecule has 120 valence electrons. The second kappa shape index (κ2) is 7.45. The van der Waals surface area contributed by atoms with Crippen LogP contribution in [0.15, 0.2) is 48.5 Å². The maximum atomic E-state index is 12.1. The van der Waals surface area contributed by atoms with Crippen LogP contribution >= 0.6 is 0 Å². The number of aryl methyl sites for hydroxylation is 2. The lowest BCUT2D eigenvalue weighted by atomic mass is 10.1. The summed E-state index contributed by atoms with van der Waals surface area (Å²) in [5, 5.41) is 14.5. The summed E-state index contributed by atoms with van der Waals surface area (Å²) in [6.45, 7) is 3.86. The van der Waals surface area contributed by atoms with E-state index in [0.717, 1.165) is 16.7 Å². The summed E-state index contributed by atoms with van der Waals surface area (Å²) in [6.07, 6.45) is 0.233. The molecule has 0 radical (unpaired) electrons. The van der Waals surface area contributed by atoms with Crippen molar-refractivity contribution in [2.24, 2.45) is 0 Å². The van der Waals surface area contributed by atoms with E-state index in [-0.39, 0.29) is 6.42 Å². The van der Waals surface area contributed by atoms with Crippen molar-refractivity contribution in [3.63, 3.8) is 0 Å². The molecule has 1 unspecified atom stereocenters. The van der Waals surface area contributed by atoms with Crippen LogP contribution in [-0.4, -0.2) is 23.1 Å². The van der Waals surface area contributed by atoms with Gasteiger partial charge < -0.3 is 15.7 Å². The lowest BCUT2D eigenvalue weighted by molar-refractivity contribution is -0.139. The van der Waals surface area contributed by atoms with Gasteiger partial charge in [-0.15, -0.1) is 0 Å². The molecule has 3 N–H and O–H groups in total. The zero-order valence-electron chi connectivity index (χ0n) is 13.2. The average Bonchev–Trinajstić information content (AvgIpc) is 2.50. The monoisotopic (exact) mass is 312 g/mol. The number of hydrogen-bond acceptors (Lipinski definition) is 2. The van der Waals surface area contributed by atoms with Crippen LogP contribution in [0.5, 0.6) is 0 Å². The molecule has 5 heteroatoms. The van der Waals surface area contributed by atoms with Gasteiger partial charge in [0, 0.05) is 12.1 Å². The Bertz CT molecular complexity index is 699. The van der Waals surface area contributed by atoms with Gasteiger partial charge in [0.1, 0.15) is 6.04 Å². The number of nitrogens with one attached hydrogen (secondary N) is 2. The van der Waals surface area contributed by atoms with Crippen LogP contribution in [-0.2, 0) is 11.2 Å². The molecule has 0 spiro atoms. The largest absolute Gasteiger partial charge is 0.480 e. The second-order valence-electron chi connectivity index (χ2n) is 5.50. The Morgan fingerprint density at radius 2 is 1.78 bits per heavy atom. The van der Waals surface area contributed by atoms with Gasteiger partial charge in [-0.25, -0.2) is 9.59 Å². The van der Waals surface area contributed by atoms with Crippen molar-refractivity contribution in [2.75, 3.05) is 5.32 Å². The molecule has 0 aliphatic heterocycles. The van der Waals surface area contributed by atoms with E-state index in [0.29, 0.717) is 5.69 Å². The minimum Gasteiger partial charge on any atom is -0.480 e. The van der Waals surface area contributed by atoms with Crippen LogP contribution in [0.3, 0.4) is 0 Å². The molecule has 0 bridgehead atoms. The summed E-state index contributed by atoms with van der Waals surface area (Å²) < 4.78 is 0. The van der Waals surface area contributed by atoms with Gasteiger partial charge in [-0.1, -0.05) is 48.0 Å². The van der Waals surface area contributed by atoms with Crippen molar-refractivity contribution in [1.29, 1.82) is 0 Å². The van der Waals surface area contributed by atoms with Crippen LogP contribution in [0.25, 0.3) is 0 Å². The minimum atomic E-state index is -1.07. The van der Waals surface area contributed by atoms with Crippen molar-refractivity contribution in [3.05, 3.63) is 65.2 Å². The van der Waals surface area contributed by atoms with E-state index < -0.39 is 18.0 Å². The Hall–Kier alpha value is -2.82. The topological polar surface area (TPSA) is 78.4 Å². The first-order valence-electron chi connectivity index (χ1n) is 7.37. The zero-order chi connectivity index (χ0) is 16.8. The summed E-state index contributed by atoms with van der Waals surface area (Å²) >= 11 is 0. The van der Waals surface area contributed by atoms with Gasteiger partial charge in [0.15, 0.2) is 0 Å². The van der Waals surface area contributed by atoms with Crippen LogP contribution in [0.2, 0.25) is 0 Å². The predicted molar refractivity (Wildman–Crippen MR) is 89.6 cm³/mol. The fourth-order valence-electron chi connectivity index (χ4n) is 2.32. The molecule has 23 heavy (non-hydrogen) atoms. The number of carboxylic acid groups (broad SMARTS) is 1. The first kappa shape index (κ1) is 16.5. The van der Waals surface area contributed by atoms with E-state index in [4.69, 9.17) is 0 Å². The fraction of sp³-hybridized carbons (Fsp3) is 0.222. The Morgan fingerprint density at radius 3 is 2.39 bits per heavy atom. The third-order valence-corrected chi connectivity index (χ3v) is 3.52. The second-order valence-corrected chi connectivity index (χ2v) is 5.50. The van der Waals surface area contributed by atoms with Crippen LogP contribution < -0.4 is 10.6 Å². The highest BCUT2D eigenvalue weighted by Crippen LogP contribution is 2.15. The van der Waals surface area contributed by atoms with Gasteiger partial charge in [0.05, 0.1) is 0 Å². The normalized spacial score (nSPS) is 11.6. The number of hydrogen-bond donors (Lipinski definition) is 3. The molecule has 0 saturated heterocycles. The fourth-order valence-corrected chi connectivity index (χ4v) is 2.32. The average molecular weight is 312 g/mol. The number of amides is 2. The Morgan fingerprint density at radius 1 is 1.09 bits per heavy atom. The number of aliphatic carboxylic acids is 1.